The first kappa shape index (κ1) is 37.6. The van der Waals surface area contributed by atoms with Crippen molar-refractivity contribution in [3.8, 4) is 56.0 Å². The van der Waals surface area contributed by atoms with Crippen LogP contribution in [-0.2, 0) is 9.47 Å². The zero-order chi connectivity index (χ0) is 41.3. The number of benzene rings is 4. The van der Waals surface area contributed by atoms with Gasteiger partial charge in [-0.3, -0.25) is 0 Å². The van der Waals surface area contributed by atoms with Crippen LogP contribution < -0.4 is 9.47 Å². The molecule has 0 saturated heterocycles. The number of fused-ring (bicyclic) bond motifs is 8. The van der Waals surface area contributed by atoms with E-state index in [1.807, 2.05) is 121 Å². The van der Waals surface area contributed by atoms with Gasteiger partial charge in [-0.05, 0) is 119 Å². The van der Waals surface area contributed by atoms with E-state index in [1.54, 1.807) is 38.5 Å². The van der Waals surface area contributed by atoms with Crippen LogP contribution in [0.1, 0.15) is 43.5 Å². The summed E-state index contributed by atoms with van der Waals surface area (Å²) >= 11 is 0. The van der Waals surface area contributed by atoms with Crippen molar-refractivity contribution in [1.82, 2.24) is 19.9 Å². The molecule has 10 heteroatoms. The van der Waals surface area contributed by atoms with Crippen molar-refractivity contribution in [2.45, 2.75) is 0 Å². The Morgan fingerprint density at radius 3 is 1.07 bits per heavy atom. The maximum Gasteiger partial charge on any atom is 0.337 e. The molecule has 8 bridgehead atoms. The summed E-state index contributed by atoms with van der Waals surface area (Å²) in [5.74, 6) is 0.585. The molecule has 10 nitrogen and oxygen atoms in total. The summed E-state index contributed by atoms with van der Waals surface area (Å²) in [6.07, 6.45) is 8.06. The number of ether oxygens (including phenoxy) is 4. The number of rotatable bonds is 8. The lowest BCUT2D eigenvalue weighted by molar-refractivity contribution is 0.0592. The molecule has 0 saturated carbocycles. The van der Waals surface area contributed by atoms with Crippen LogP contribution in [0.2, 0.25) is 0 Å². The van der Waals surface area contributed by atoms with Crippen LogP contribution in [0.15, 0.2) is 121 Å². The monoisotopic (exact) mass is 790 g/mol. The van der Waals surface area contributed by atoms with Gasteiger partial charge >= 0.3 is 11.9 Å². The third-order valence-corrected chi connectivity index (χ3v) is 10.7. The van der Waals surface area contributed by atoms with Crippen molar-refractivity contribution in [3.63, 3.8) is 0 Å². The highest BCUT2D eigenvalue weighted by molar-refractivity contribution is 6.01. The van der Waals surface area contributed by atoms with Crippen LogP contribution in [-0.4, -0.2) is 60.3 Å². The first-order chi connectivity index (χ1) is 29.3. The lowest BCUT2D eigenvalue weighted by atomic mass is 10.0. The van der Waals surface area contributed by atoms with Gasteiger partial charge in [0.15, 0.2) is 0 Å². The van der Waals surface area contributed by atoms with E-state index in [1.165, 1.54) is 14.2 Å². The topological polar surface area (TPSA) is 128 Å². The number of methoxy groups -OCH3 is 4. The number of H-pyrrole nitrogens is 2. The molecule has 7 aromatic rings. The van der Waals surface area contributed by atoms with Crippen molar-refractivity contribution >= 4 is 58.3 Å². The fraction of sp³-hybridized carbons (Fsp3) is 0.0800. The number of hydrogen-bond acceptors (Lipinski definition) is 8. The highest BCUT2D eigenvalue weighted by Gasteiger charge is 2.20. The van der Waals surface area contributed by atoms with E-state index < -0.39 is 11.9 Å². The lowest BCUT2D eigenvalue weighted by Gasteiger charge is -2.08. The van der Waals surface area contributed by atoms with Gasteiger partial charge in [-0.1, -0.05) is 48.5 Å². The van der Waals surface area contributed by atoms with Gasteiger partial charge in [0.1, 0.15) is 11.5 Å². The van der Waals surface area contributed by atoms with E-state index in [-0.39, 0.29) is 0 Å². The van der Waals surface area contributed by atoms with Gasteiger partial charge in [0.05, 0.1) is 62.3 Å². The van der Waals surface area contributed by atoms with Crippen molar-refractivity contribution in [2.24, 2.45) is 0 Å². The van der Waals surface area contributed by atoms with Crippen LogP contribution in [0.25, 0.3) is 90.9 Å². The first-order valence-corrected chi connectivity index (χ1v) is 19.2. The minimum absolute atomic E-state index is 0.422. The number of nitrogens with one attached hydrogen (secondary N) is 2. The molecule has 0 unspecified atom stereocenters. The molecule has 0 spiro atoms. The second-order valence-electron chi connectivity index (χ2n) is 14.1. The molecule has 0 atom stereocenters. The zero-order valence-electron chi connectivity index (χ0n) is 33.2. The maximum atomic E-state index is 12.5. The summed E-state index contributed by atoms with van der Waals surface area (Å²) in [5, 5.41) is 0. The fourth-order valence-corrected chi connectivity index (χ4v) is 7.76. The van der Waals surface area contributed by atoms with E-state index in [0.717, 1.165) is 78.0 Å². The Hall–Kier alpha value is -7.98. The summed E-state index contributed by atoms with van der Waals surface area (Å²) < 4.78 is 21.4. The highest BCUT2D eigenvalue weighted by atomic mass is 16.5. The third-order valence-electron chi connectivity index (χ3n) is 10.7. The number of nitrogens with zero attached hydrogens (tertiary/aromatic N) is 2. The molecular formula is C50H38N4O6. The zero-order valence-corrected chi connectivity index (χ0v) is 33.2. The Morgan fingerprint density at radius 1 is 0.417 bits per heavy atom. The Morgan fingerprint density at radius 2 is 0.750 bits per heavy atom. The van der Waals surface area contributed by atoms with Crippen molar-refractivity contribution in [3.05, 3.63) is 155 Å². The summed E-state index contributed by atoms with van der Waals surface area (Å²) in [7, 11) is 6.04. The molecule has 0 radical (unpaired) electrons. The molecule has 2 N–H and O–H groups in total. The van der Waals surface area contributed by atoms with Crippen LogP contribution in [0, 0.1) is 0 Å². The van der Waals surface area contributed by atoms with Crippen LogP contribution in [0.3, 0.4) is 0 Å². The third kappa shape index (κ3) is 6.90. The minimum Gasteiger partial charge on any atom is -0.497 e. The number of aromatic amines is 2. The second kappa shape index (κ2) is 15.8. The average molecular weight is 791 g/mol. The second-order valence-corrected chi connectivity index (χ2v) is 14.1. The largest absolute Gasteiger partial charge is 0.497 e. The molecule has 60 heavy (non-hydrogen) atoms. The smallest absolute Gasteiger partial charge is 0.337 e. The number of esters is 2. The fourth-order valence-electron chi connectivity index (χ4n) is 7.76. The van der Waals surface area contributed by atoms with Crippen molar-refractivity contribution < 1.29 is 28.5 Å². The van der Waals surface area contributed by atoms with Gasteiger partial charge in [0, 0.05) is 44.3 Å². The molecule has 294 valence electrons. The summed E-state index contributed by atoms with van der Waals surface area (Å²) in [6, 6.07) is 38.6. The van der Waals surface area contributed by atoms with Gasteiger partial charge in [-0.2, -0.15) is 0 Å². The van der Waals surface area contributed by atoms with Crippen LogP contribution in [0.5, 0.6) is 11.5 Å². The predicted octanol–water partition coefficient (Wildman–Crippen LogP) is 10.9. The van der Waals surface area contributed by atoms with Crippen molar-refractivity contribution in [2.75, 3.05) is 28.4 Å². The highest BCUT2D eigenvalue weighted by Crippen LogP contribution is 2.39. The number of carbonyl (C=O) groups excluding carboxylic acids is 2. The quantitative estimate of drug-likeness (QED) is 0.146. The number of hydrogen-bond donors (Lipinski definition) is 2. The van der Waals surface area contributed by atoms with Gasteiger partial charge in [-0.25, -0.2) is 19.6 Å². The Bertz CT molecular complexity index is 2860. The molecule has 9 rings (SSSR count). The summed E-state index contributed by atoms with van der Waals surface area (Å²) in [5.41, 5.74) is 13.9. The molecule has 4 aromatic carbocycles. The summed E-state index contributed by atoms with van der Waals surface area (Å²) in [4.78, 5) is 43.1. The predicted molar refractivity (Wildman–Crippen MR) is 236 cm³/mol. The maximum absolute atomic E-state index is 12.5. The van der Waals surface area contributed by atoms with Gasteiger partial charge in [-0.15, -0.1) is 0 Å². The Balaban J connectivity index is 1.43. The van der Waals surface area contributed by atoms with E-state index in [2.05, 4.69) is 9.97 Å². The average Bonchev–Trinajstić information content (AvgIpc) is 4.15. The van der Waals surface area contributed by atoms with Gasteiger partial charge < -0.3 is 28.9 Å². The minimum atomic E-state index is -0.422. The molecule has 2 aliphatic heterocycles. The van der Waals surface area contributed by atoms with Crippen molar-refractivity contribution in [1.29, 1.82) is 0 Å². The molecule has 2 aliphatic rings. The van der Waals surface area contributed by atoms with E-state index in [4.69, 9.17) is 28.9 Å². The lowest BCUT2D eigenvalue weighted by Crippen LogP contribution is -2.00. The molecular weight excluding hydrogens is 753 g/mol. The van der Waals surface area contributed by atoms with Crippen LogP contribution in [0.4, 0.5) is 0 Å². The van der Waals surface area contributed by atoms with E-state index in [0.29, 0.717) is 34.0 Å². The number of aromatic nitrogens is 4. The van der Waals surface area contributed by atoms with Crippen LogP contribution >= 0.6 is 0 Å². The molecule has 0 amide bonds. The molecule has 3 aromatic heterocycles. The van der Waals surface area contributed by atoms with Gasteiger partial charge in [0.2, 0.25) is 0 Å². The Kier molecular flexibility index (Phi) is 9.87. The Labute approximate surface area is 345 Å². The standard InChI is InChI=1S/C50H38N4O6/c1-57-35-9-5-7-33(27-35)47-41-23-21-39(52-41)45(29-11-15-31(16-12-29)49(55)59-3)37-19-20-38(51-37)46(30-13-17-32(18-14-30)50(56)60-4)40-22-24-42(53-40)48(44-26-25-43(47)54-44)34-8-6-10-36(28-34)58-2/h5-28,52-53H,1-4H3. The molecule has 0 fully saturated rings. The van der Waals surface area contributed by atoms with E-state index in [9.17, 15) is 9.59 Å². The molecule has 5 heterocycles. The normalized spacial score (nSPS) is 11.7. The summed E-state index contributed by atoms with van der Waals surface area (Å²) in [6.45, 7) is 0. The SMILES string of the molecule is COC(=O)c1ccc(-c2c3nc(c(-c4ccc(C(=O)OC)cc4)c4ccc([nH]4)c(-c4cccc(OC)c4)c4nc(c(-c5cccc(OC)c5)c5ccc2[nH]5)C=C4)C=C3)cc1. The molecule has 0 aliphatic carbocycles. The van der Waals surface area contributed by atoms with E-state index >= 15 is 0 Å². The first-order valence-electron chi connectivity index (χ1n) is 19.2. The van der Waals surface area contributed by atoms with Gasteiger partial charge in [0.25, 0.3) is 0 Å². The number of carbonyl (C=O) groups is 2.